The van der Waals surface area contributed by atoms with Crippen molar-refractivity contribution in [2.24, 2.45) is 28.5 Å². The van der Waals surface area contributed by atoms with Gasteiger partial charge in [-0.2, -0.15) is 18.2 Å². The first-order valence-corrected chi connectivity index (χ1v) is 15.6. The van der Waals surface area contributed by atoms with E-state index in [1.165, 1.54) is 22.8 Å². The van der Waals surface area contributed by atoms with E-state index in [0.29, 0.717) is 23.8 Å². The van der Waals surface area contributed by atoms with Crippen molar-refractivity contribution in [3.8, 4) is 0 Å². The quantitative estimate of drug-likeness (QED) is 0.179. The number of halogens is 3. The smallest absolute Gasteiger partial charge is 0.383 e. The van der Waals surface area contributed by atoms with Crippen LogP contribution in [0.4, 0.5) is 13.2 Å². The molecule has 1 saturated carbocycles. The van der Waals surface area contributed by atoms with Crippen LogP contribution < -0.4 is 5.73 Å². The Labute approximate surface area is 248 Å². The minimum absolute atomic E-state index is 0.0439. The molecule has 0 spiro atoms. The molecule has 1 amide bonds. The lowest BCUT2D eigenvalue weighted by atomic mass is 9.89. The maximum atomic E-state index is 13.1. The Morgan fingerprint density at radius 1 is 1.07 bits per heavy atom. The number of amidine groups is 1. The average Bonchev–Trinajstić information content (AvgIpc) is 3.65. The highest BCUT2D eigenvalue weighted by Crippen LogP contribution is 2.47. The number of aryl methyl sites for hydroxylation is 3. The molecule has 4 nitrogen and oxygen atoms in total. The number of amides is 1. The third kappa shape index (κ3) is 12.2. The zero-order valence-electron chi connectivity index (χ0n) is 26.4. The molecule has 2 N–H and O–H groups in total. The Balaban J connectivity index is 0.000000641. The van der Waals surface area contributed by atoms with Crippen LogP contribution in [0.5, 0.6) is 0 Å². The number of aromatic nitrogens is 1. The van der Waals surface area contributed by atoms with Gasteiger partial charge in [0.15, 0.2) is 0 Å². The molecule has 1 aromatic heterocycles. The summed E-state index contributed by atoms with van der Waals surface area (Å²) in [4.78, 5) is 20.8. The summed E-state index contributed by atoms with van der Waals surface area (Å²) in [5, 5.41) is 0. The molecule has 230 valence electrons. The average molecular weight is 594 g/mol. The van der Waals surface area contributed by atoms with Crippen molar-refractivity contribution in [2.75, 3.05) is 0 Å². The molecular formula is C33H51F3N3OP. The molecule has 41 heavy (non-hydrogen) atoms. The number of nitrogens with zero attached hydrogens (tertiary/aromatic N) is 2. The van der Waals surface area contributed by atoms with E-state index in [1.807, 2.05) is 13.8 Å². The van der Waals surface area contributed by atoms with Gasteiger partial charge < -0.3 is 5.73 Å². The summed E-state index contributed by atoms with van der Waals surface area (Å²) < 4.78 is 39.3. The number of nitrogens with two attached hydrogens (primary N) is 1. The van der Waals surface area contributed by atoms with Crippen LogP contribution in [0.25, 0.3) is 0 Å². The molecule has 3 rings (SSSR count). The van der Waals surface area contributed by atoms with Gasteiger partial charge in [0.1, 0.15) is 11.5 Å². The molecule has 5 unspecified atom stereocenters. The maximum absolute atomic E-state index is 13.1. The van der Waals surface area contributed by atoms with Crippen molar-refractivity contribution >= 4 is 21.0 Å². The Bertz CT molecular complexity index is 1150. The van der Waals surface area contributed by atoms with E-state index >= 15 is 0 Å². The molecule has 0 bridgehead atoms. The lowest BCUT2D eigenvalue weighted by Crippen LogP contribution is -2.23. The summed E-state index contributed by atoms with van der Waals surface area (Å²) in [7, 11) is 2.61. The van der Waals surface area contributed by atoms with E-state index in [9.17, 15) is 18.0 Å². The van der Waals surface area contributed by atoms with E-state index in [1.54, 1.807) is 0 Å². The molecule has 1 aromatic carbocycles. The summed E-state index contributed by atoms with van der Waals surface area (Å²) in [6.07, 6.45) is -0.389. The summed E-state index contributed by atoms with van der Waals surface area (Å²) in [6, 6.07) is 8.70. The Morgan fingerprint density at radius 2 is 1.68 bits per heavy atom. The van der Waals surface area contributed by atoms with Gasteiger partial charge in [-0.15, -0.1) is 9.24 Å². The summed E-state index contributed by atoms with van der Waals surface area (Å²) in [5.74, 6) is 0.159. The Kier molecular flexibility index (Phi) is 15.2. The molecule has 0 aliphatic heterocycles. The number of carbonyl (C=O) groups is 1. The Hall–Kier alpha value is -2.27. The van der Waals surface area contributed by atoms with Crippen LogP contribution in [0.2, 0.25) is 0 Å². The van der Waals surface area contributed by atoms with Crippen LogP contribution in [-0.2, 0) is 11.0 Å². The second-order valence-electron chi connectivity index (χ2n) is 11.5. The first kappa shape index (κ1) is 36.8. The van der Waals surface area contributed by atoms with Gasteiger partial charge in [0.2, 0.25) is 0 Å². The monoisotopic (exact) mass is 593 g/mol. The van der Waals surface area contributed by atoms with E-state index in [2.05, 4.69) is 85.9 Å². The van der Waals surface area contributed by atoms with Crippen LogP contribution in [0.1, 0.15) is 113 Å². The zero-order valence-corrected chi connectivity index (χ0v) is 27.6. The standard InChI is InChI=1S/C22H33F3N3OP.C9H12.C2H6/c1-5-13(4)6-7-14(10-12(2)3)21(29)28-20(26)15-8-9-18(22(23,24)25)27-19(15)16-11-17(16)30;1-7-4-5-8(2)9(3)6-7;1-2/h8-9,12-14,16-17H,5-7,10-11,30H2,1-4H3,(H2,26,28,29);4-6H,1-3H3;1-2H3. The van der Waals surface area contributed by atoms with Crippen molar-refractivity contribution in [1.29, 1.82) is 0 Å². The largest absolute Gasteiger partial charge is 0.433 e. The highest BCUT2D eigenvalue weighted by Gasteiger charge is 2.40. The summed E-state index contributed by atoms with van der Waals surface area (Å²) in [6.45, 7) is 18.8. The van der Waals surface area contributed by atoms with E-state index in [4.69, 9.17) is 5.73 Å². The first-order chi connectivity index (χ1) is 19.1. The van der Waals surface area contributed by atoms with Crippen LogP contribution in [-0.4, -0.2) is 22.4 Å². The predicted molar refractivity (Wildman–Crippen MR) is 169 cm³/mol. The Morgan fingerprint density at radius 3 is 2.15 bits per heavy atom. The fraction of sp³-hybridized carbons (Fsp3) is 0.606. The van der Waals surface area contributed by atoms with Crippen molar-refractivity contribution in [1.82, 2.24) is 4.98 Å². The minimum Gasteiger partial charge on any atom is -0.383 e. The van der Waals surface area contributed by atoms with Crippen molar-refractivity contribution < 1.29 is 18.0 Å². The normalized spacial score (nSPS) is 18.0. The van der Waals surface area contributed by atoms with E-state index in [0.717, 1.165) is 31.7 Å². The van der Waals surface area contributed by atoms with Gasteiger partial charge in [0, 0.05) is 17.4 Å². The highest BCUT2D eigenvalue weighted by atomic mass is 31.0. The molecule has 2 aromatic rings. The van der Waals surface area contributed by atoms with Gasteiger partial charge in [-0.3, -0.25) is 4.79 Å². The number of pyridine rings is 1. The molecule has 1 fully saturated rings. The number of rotatable bonds is 9. The molecule has 8 heteroatoms. The molecule has 0 saturated heterocycles. The fourth-order valence-corrected chi connectivity index (χ4v) is 4.90. The summed E-state index contributed by atoms with van der Waals surface area (Å²) in [5.41, 5.74) is 10.0. The fourth-order valence-electron chi connectivity index (χ4n) is 4.42. The second-order valence-corrected chi connectivity index (χ2v) is 12.3. The highest BCUT2D eigenvalue weighted by molar-refractivity contribution is 7.18. The molecular weight excluding hydrogens is 542 g/mol. The SMILES string of the molecule is CC.CCC(C)CCC(CC(C)C)C(=O)N=C(N)c1ccc(C(F)(F)F)nc1C1CC1P.Cc1ccc(C)c(C)c1. The van der Waals surface area contributed by atoms with Crippen molar-refractivity contribution in [3.63, 3.8) is 0 Å². The second kappa shape index (κ2) is 17.0. The zero-order chi connectivity index (χ0) is 31.5. The van der Waals surface area contributed by atoms with Crippen molar-refractivity contribution in [3.05, 3.63) is 64.0 Å². The van der Waals surface area contributed by atoms with Gasteiger partial charge in [-0.25, -0.2) is 4.98 Å². The predicted octanol–water partition coefficient (Wildman–Crippen LogP) is 9.19. The van der Waals surface area contributed by atoms with E-state index < -0.39 is 11.9 Å². The van der Waals surface area contributed by atoms with Crippen LogP contribution in [0, 0.1) is 38.5 Å². The molecule has 1 heterocycles. The van der Waals surface area contributed by atoms with Crippen LogP contribution in [0.15, 0.2) is 35.3 Å². The number of aliphatic imine (C=N–C) groups is 1. The third-order valence-electron chi connectivity index (χ3n) is 7.39. The number of hydrogen-bond acceptors (Lipinski definition) is 2. The van der Waals surface area contributed by atoms with Crippen molar-refractivity contribution in [2.45, 2.75) is 112 Å². The van der Waals surface area contributed by atoms with Gasteiger partial charge in [0.25, 0.3) is 5.91 Å². The topological polar surface area (TPSA) is 68.3 Å². The number of hydrogen-bond donors (Lipinski definition) is 1. The lowest BCUT2D eigenvalue weighted by Gasteiger charge is -2.18. The van der Waals surface area contributed by atoms with Crippen LogP contribution in [0.3, 0.4) is 0 Å². The van der Waals surface area contributed by atoms with Crippen LogP contribution >= 0.6 is 9.24 Å². The van der Waals surface area contributed by atoms with E-state index in [-0.39, 0.29) is 34.9 Å². The van der Waals surface area contributed by atoms with Gasteiger partial charge in [0.05, 0.1) is 5.69 Å². The first-order valence-electron chi connectivity index (χ1n) is 14.9. The van der Waals surface area contributed by atoms with Gasteiger partial charge in [-0.1, -0.05) is 71.7 Å². The number of carbonyl (C=O) groups excluding carboxylic acids is 1. The summed E-state index contributed by atoms with van der Waals surface area (Å²) >= 11 is 0. The molecule has 1 aliphatic carbocycles. The molecule has 5 atom stereocenters. The van der Waals surface area contributed by atoms with Gasteiger partial charge in [-0.05, 0) is 87.2 Å². The lowest BCUT2D eigenvalue weighted by molar-refractivity contribution is -0.141. The van der Waals surface area contributed by atoms with Gasteiger partial charge >= 0.3 is 6.18 Å². The number of alkyl halides is 3. The number of benzene rings is 1. The maximum Gasteiger partial charge on any atom is 0.433 e. The minimum atomic E-state index is -4.53. The molecule has 0 radical (unpaired) electrons. The third-order valence-corrected chi connectivity index (χ3v) is 8.12. The molecule has 1 aliphatic rings.